The molecule has 88 valence electrons. The molecule has 0 heterocycles. The van der Waals surface area contributed by atoms with Crippen molar-refractivity contribution < 1.29 is 18.3 Å². The summed E-state index contributed by atoms with van der Waals surface area (Å²) in [6.45, 7) is 1.66. The molecular formula is C11H13F2NO2. The Hall–Kier alpha value is -1.49. The molecule has 0 bridgehead atoms. The SMILES string of the molecule is COC(=O)C(C)NCc1cc(F)ccc1F. The molecular weight excluding hydrogens is 216 g/mol. The van der Waals surface area contributed by atoms with Crippen LogP contribution >= 0.6 is 0 Å². The standard InChI is InChI=1S/C11H13F2NO2/c1-7(11(15)16-2)14-6-8-5-9(12)3-4-10(8)13/h3-5,7,14H,6H2,1-2H3. The summed E-state index contributed by atoms with van der Waals surface area (Å²) in [5.41, 5.74) is 0.177. The fourth-order valence-electron chi connectivity index (χ4n) is 1.20. The third-order valence-electron chi connectivity index (χ3n) is 2.16. The van der Waals surface area contributed by atoms with Crippen LogP contribution in [0.15, 0.2) is 18.2 Å². The van der Waals surface area contributed by atoms with Crippen LogP contribution in [0.3, 0.4) is 0 Å². The van der Waals surface area contributed by atoms with Gasteiger partial charge >= 0.3 is 5.97 Å². The van der Waals surface area contributed by atoms with E-state index in [1.807, 2.05) is 0 Å². The Kier molecular flexibility index (Phi) is 4.37. The zero-order valence-corrected chi connectivity index (χ0v) is 9.09. The van der Waals surface area contributed by atoms with Gasteiger partial charge in [0.25, 0.3) is 0 Å². The quantitative estimate of drug-likeness (QED) is 0.797. The first-order valence-electron chi connectivity index (χ1n) is 4.79. The average Bonchev–Trinajstić information content (AvgIpc) is 2.28. The monoisotopic (exact) mass is 229 g/mol. The van der Waals surface area contributed by atoms with E-state index in [0.29, 0.717) is 0 Å². The number of hydrogen-bond donors (Lipinski definition) is 1. The van der Waals surface area contributed by atoms with Crippen LogP contribution < -0.4 is 5.32 Å². The molecule has 0 aromatic heterocycles. The molecule has 3 nitrogen and oxygen atoms in total. The molecule has 0 aliphatic heterocycles. The Morgan fingerprint density at radius 2 is 2.19 bits per heavy atom. The number of carbonyl (C=O) groups excluding carboxylic acids is 1. The fraction of sp³-hybridized carbons (Fsp3) is 0.364. The van der Waals surface area contributed by atoms with E-state index in [4.69, 9.17) is 0 Å². The number of rotatable bonds is 4. The number of nitrogens with one attached hydrogen (secondary N) is 1. The van der Waals surface area contributed by atoms with Crippen molar-refractivity contribution in [3.05, 3.63) is 35.4 Å². The fourth-order valence-corrected chi connectivity index (χ4v) is 1.20. The van der Waals surface area contributed by atoms with E-state index in [0.717, 1.165) is 18.2 Å². The van der Waals surface area contributed by atoms with Crippen LogP contribution in [0, 0.1) is 11.6 Å². The Morgan fingerprint density at radius 3 is 2.81 bits per heavy atom. The van der Waals surface area contributed by atoms with Gasteiger partial charge in [0.2, 0.25) is 0 Å². The van der Waals surface area contributed by atoms with Gasteiger partial charge in [-0.25, -0.2) is 8.78 Å². The van der Waals surface area contributed by atoms with Crippen molar-refractivity contribution >= 4 is 5.97 Å². The van der Waals surface area contributed by atoms with Gasteiger partial charge in [-0.1, -0.05) is 0 Å². The van der Waals surface area contributed by atoms with Crippen molar-refractivity contribution in [3.63, 3.8) is 0 Å². The second-order valence-electron chi connectivity index (χ2n) is 3.36. The van der Waals surface area contributed by atoms with Crippen molar-refractivity contribution in [1.82, 2.24) is 5.32 Å². The zero-order valence-electron chi connectivity index (χ0n) is 9.09. The summed E-state index contributed by atoms with van der Waals surface area (Å²) < 4.78 is 30.5. The van der Waals surface area contributed by atoms with Gasteiger partial charge in [-0.15, -0.1) is 0 Å². The minimum Gasteiger partial charge on any atom is -0.468 e. The first kappa shape index (κ1) is 12.6. The molecule has 0 amide bonds. The van der Waals surface area contributed by atoms with Gasteiger partial charge in [0, 0.05) is 12.1 Å². The summed E-state index contributed by atoms with van der Waals surface area (Å²) in [4.78, 5) is 11.0. The van der Waals surface area contributed by atoms with Crippen LogP contribution in [-0.2, 0) is 16.1 Å². The molecule has 1 rings (SSSR count). The van der Waals surface area contributed by atoms with E-state index in [9.17, 15) is 13.6 Å². The first-order chi connectivity index (χ1) is 7.54. The van der Waals surface area contributed by atoms with E-state index in [-0.39, 0.29) is 12.1 Å². The largest absolute Gasteiger partial charge is 0.468 e. The molecule has 1 atom stereocenters. The molecule has 1 aromatic rings. The highest BCUT2D eigenvalue weighted by Gasteiger charge is 2.13. The summed E-state index contributed by atoms with van der Waals surface area (Å²) in [6.07, 6.45) is 0. The van der Waals surface area contributed by atoms with Crippen molar-refractivity contribution in [2.75, 3.05) is 7.11 Å². The van der Waals surface area contributed by atoms with E-state index in [1.54, 1.807) is 6.92 Å². The summed E-state index contributed by atoms with van der Waals surface area (Å²) in [5.74, 6) is -1.47. The summed E-state index contributed by atoms with van der Waals surface area (Å²) >= 11 is 0. The van der Waals surface area contributed by atoms with E-state index in [1.165, 1.54) is 7.11 Å². The third kappa shape index (κ3) is 3.27. The lowest BCUT2D eigenvalue weighted by Crippen LogP contribution is -2.34. The van der Waals surface area contributed by atoms with Gasteiger partial charge in [0.15, 0.2) is 0 Å². The Labute approximate surface area is 92.4 Å². The third-order valence-corrected chi connectivity index (χ3v) is 2.16. The molecule has 1 aromatic carbocycles. The lowest BCUT2D eigenvalue weighted by molar-refractivity contribution is -0.142. The molecule has 0 saturated carbocycles. The van der Waals surface area contributed by atoms with Gasteiger partial charge in [-0.2, -0.15) is 0 Å². The maximum Gasteiger partial charge on any atom is 0.322 e. The smallest absolute Gasteiger partial charge is 0.322 e. The normalized spacial score (nSPS) is 12.2. The van der Waals surface area contributed by atoms with Crippen molar-refractivity contribution in [2.24, 2.45) is 0 Å². The summed E-state index contributed by atoms with van der Waals surface area (Å²) in [7, 11) is 1.27. The molecule has 16 heavy (non-hydrogen) atoms. The second kappa shape index (κ2) is 5.55. The Balaban J connectivity index is 2.60. The van der Waals surface area contributed by atoms with Gasteiger partial charge in [0.05, 0.1) is 7.11 Å². The molecule has 1 N–H and O–H groups in total. The number of halogens is 2. The average molecular weight is 229 g/mol. The maximum atomic E-state index is 13.2. The Bertz CT molecular complexity index is 382. The number of hydrogen-bond acceptors (Lipinski definition) is 3. The predicted octanol–water partition coefficient (Wildman–Crippen LogP) is 1.62. The van der Waals surface area contributed by atoms with Gasteiger partial charge < -0.3 is 10.1 Å². The number of esters is 1. The van der Waals surface area contributed by atoms with Crippen LogP contribution in [-0.4, -0.2) is 19.1 Å². The van der Waals surface area contributed by atoms with E-state index < -0.39 is 23.6 Å². The highest BCUT2D eigenvalue weighted by Crippen LogP contribution is 2.09. The highest BCUT2D eigenvalue weighted by atomic mass is 19.1. The van der Waals surface area contributed by atoms with Crippen molar-refractivity contribution in [2.45, 2.75) is 19.5 Å². The Morgan fingerprint density at radius 1 is 1.50 bits per heavy atom. The number of ether oxygens (including phenoxy) is 1. The molecule has 0 aliphatic rings. The predicted molar refractivity (Wildman–Crippen MR) is 54.7 cm³/mol. The van der Waals surface area contributed by atoms with Crippen LogP contribution in [0.5, 0.6) is 0 Å². The molecule has 0 radical (unpaired) electrons. The molecule has 5 heteroatoms. The van der Waals surface area contributed by atoms with Crippen LogP contribution in [0.4, 0.5) is 8.78 Å². The second-order valence-corrected chi connectivity index (χ2v) is 3.36. The summed E-state index contributed by atoms with van der Waals surface area (Å²) in [5, 5.41) is 2.74. The molecule has 0 spiro atoms. The van der Waals surface area contributed by atoms with Crippen LogP contribution in [0.25, 0.3) is 0 Å². The molecule has 0 fully saturated rings. The van der Waals surface area contributed by atoms with E-state index in [2.05, 4.69) is 10.1 Å². The van der Waals surface area contributed by atoms with Gasteiger partial charge in [-0.05, 0) is 25.1 Å². The number of benzene rings is 1. The number of methoxy groups -OCH3 is 1. The zero-order chi connectivity index (χ0) is 12.1. The molecule has 1 unspecified atom stereocenters. The van der Waals surface area contributed by atoms with Gasteiger partial charge in [0.1, 0.15) is 17.7 Å². The summed E-state index contributed by atoms with van der Waals surface area (Å²) in [6, 6.07) is 2.62. The first-order valence-corrected chi connectivity index (χ1v) is 4.79. The topological polar surface area (TPSA) is 38.3 Å². The molecule has 0 saturated heterocycles. The van der Waals surface area contributed by atoms with Gasteiger partial charge in [-0.3, -0.25) is 4.79 Å². The highest BCUT2D eigenvalue weighted by molar-refractivity contribution is 5.75. The molecule has 0 aliphatic carbocycles. The van der Waals surface area contributed by atoms with Crippen LogP contribution in [0.1, 0.15) is 12.5 Å². The van der Waals surface area contributed by atoms with Crippen molar-refractivity contribution in [1.29, 1.82) is 0 Å². The lowest BCUT2D eigenvalue weighted by Gasteiger charge is -2.11. The minimum atomic E-state index is -0.562. The van der Waals surface area contributed by atoms with Crippen molar-refractivity contribution in [3.8, 4) is 0 Å². The number of carbonyl (C=O) groups is 1. The lowest BCUT2D eigenvalue weighted by atomic mass is 10.2. The van der Waals surface area contributed by atoms with E-state index >= 15 is 0 Å². The maximum absolute atomic E-state index is 13.2. The minimum absolute atomic E-state index is 0.0693. The van der Waals surface area contributed by atoms with Crippen LogP contribution in [0.2, 0.25) is 0 Å².